The van der Waals surface area contributed by atoms with Gasteiger partial charge in [0.25, 0.3) is 5.91 Å². The SMILES string of the molecule is Cc1nc(C(N)=O)[c]cc1-n1cc(-c2cncc(N3CCN(CC4CC4)CC3)c2)nn1. The maximum absolute atomic E-state index is 11.3. The molecule has 9 heteroatoms. The monoisotopic (exact) mass is 417 g/mol. The highest BCUT2D eigenvalue weighted by Gasteiger charge is 2.26. The number of nitrogens with zero attached hydrogens (tertiary/aromatic N) is 7. The van der Waals surface area contributed by atoms with E-state index in [0.717, 1.165) is 49.0 Å². The fourth-order valence-corrected chi connectivity index (χ4v) is 3.97. The molecule has 2 fully saturated rings. The van der Waals surface area contributed by atoms with Crippen LogP contribution < -0.4 is 10.6 Å². The number of primary amides is 1. The number of pyridine rings is 2. The molecule has 2 N–H and O–H groups in total. The normalized spacial score (nSPS) is 17.1. The highest BCUT2D eigenvalue weighted by Crippen LogP contribution is 2.30. The second-order valence-corrected chi connectivity index (χ2v) is 8.30. The lowest BCUT2D eigenvalue weighted by Crippen LogP contribution is -2.47. The molecule has 5 rings (SSSR count). The zero-order valence-corrected chi connectivity index (χ0v) is 17.5. The molecule has 1 saturated carbocycles. The Bertz CT molecular complexity index is 1100. The van der Waals surface area contributed by atoms with Crippen molar-refractivity contribution in [1.29, 1.82) is 0 Å². The van der Waals surface area contributed by atoms with Gasteiger partial charge in [0.05, 0.1) is 29.5 Å². The number of aryl methyl sites for hydroxylation is 1. The first-order valence-electron chi connectivity index (χ1n) is 10.6. The number of aromatic nitrogens is 5. The predicted octanol–water partition coefficient (Wildman–Crippen LogP) is 1.46. The van der Waals surface area contributed by atoms with Gasteiger partial charge < -0.3 is 10.6 Å². The Morgan fingerprint density at radius 3 is 2.74 bits per heavy atom. The zero-order chi connectivity index (χ0) is 21.4. The van der Waals surface area contributed by atoms with Crippen LogP contribution in [0, 0.1) is 18.9 Å². The molecule has 3 aromatic rings. The molecule has 0 atom stereocenters. The molecule has 1 amide bonds. The van der Waals surface area contributed by atoms with Gasteiger partial charge in [-0.1, -0.05) is 5.21 Å². The molecule has 4 heterocycles. The van der Waals surface area contributed by atoms with Crippen LogP contribution in [0.2, 0.25) is 0 Å². The van der Waals surface area contributed by atoms with E-state index in [2.05, 4.69) is 42.2 Å². The van der Waals surface area contributed by atoms with Gasteiger partial charge in [0, 0.05) is 50.6 Å². The fraction of sp³-hybridized carbons (Fsp3) is 0.409. The lowest BCUT2D eigenvalue weighted by molar-refractivity contribution is 0.0995. The molecule has 1 aliphatic carbocycles. The minimum atomic E-state index is -0.606. The fourth-order valence-electron chi connectivity index (χ4n) is 3.97. The summed E-state index contributed by atoms with van der Waals surface area (Å²) in [6, 6.07) is 6.56. The Labute approximate surface area is 180 Å². The number of hydrogen-bond donors (Lipinski definition) is 1. The molecule has 0 spiro atoms. The van der Waals surface area contributed by atoms with Crippen molar-refractivity contribution in [3.8, 4) is 16.9 Å². The Morgan fingerprint density at radius 2 is 2.03 bits per heavy atom. The molecule has 1 aliphatic heterocycles. The third kappa shape index (κ3) is 4.27. The average molecular weight is 417 g/mol. The molecule has 159 valence electrons. The smallest absolute Gasteiger partial charge is 0.267 e. The number of rotatable bonds is 6. The molecule has 3 aromatic heterocycles. The number of amides is 1. The van der Waals surface area contributed by atoms with E-state index in [0.29, 0.717) is 11.4 Å². The highest BCUT2D eigenvalue weighted by atomic mass is 16.1. The van der Waals surface area contributed by atoms with Gasteiger partial charge in [-0.25, -0.2) is 9.67 Å². The van der Waals surface area contributed by atoms with E-state index in [9.17, 15) is 4.79 Å². The van der Waals surface area contributed by atoms with Crippen molar-refractivity contribution in [2.75, 3.05) is 37.6 Å². The number of carbonyl (C=O) groups excluding carboxylic acids is 1. The van der Waals surface area contributed by atoms with E-state index in [1.807, 2.05) is 12.4 Å². The molecule has 31 heavy (non-hydrogen) atoms. The molecule has 1 radical (unpaired) electrons. The van der Waals surface area contributed by atoms with Gasteiger partial charge in [-0.15, -0.1) is 5.10 Å². The third-order valence-electron chi connectivity index (χ3n) is 5.94. The van der Waals surface area contributed by atoms with Crippen molar-refractivity contribution >= 4 is 11.6 Å². The minimum Gasteiger partial charge on any atom is -0.368 e. The van der Waals surface area contributed by atoms with Crippen LogP contribution in [-0.2, 0) is 0 Å². The van der Waals surface area contributed by atoms with Crippen LogP contribution in [-0.4, -0.2) is 68.5 Å². The van der Waals surface area contributed by atoms with Crippen molar-refractivity contribution in [3.05, 3.63) is 48.2 Å². The largest absolute Gasteiger partial charge is 0.368 e. The predicted molar refractivity (Wildman–Crippen MR) is 116 cm³/mol. The van der Waals surface area contributed by atoms with Crippen LogP contribution in [0.25, 0.3) is 16.9 Å². The van der Waals surface area contributed by atoms with Crippen LogP contribution >= 0.6 is 0 Å². The third-order valence-corrected chi connectivity index (χ3v) is 5.94. The Balaban J connectivity index is 1.32. The van der Waals surface area contributed by atoms with Gasteiger partial charge >= 0.3 is 0 Å². The average Bonchev–Trinajstić information content (AvgIpc) is 3.46. The van der Waals surface area contributed by atoms with Crippen molar-refractivity contribution in [1.82, 2.24) is 29.9 Å². The van der Waals surface area contributed by atoms with E-state index in [1.54, 1.807) is 23.9 Å². The summed E-state index contributed by atoms with van der Waals surface area (Å²) in [6.45, 7) is 7.26. The topological polar surface area (TPSA) is 106 Å². The van der Waals surface area contributed by atoms with Gasteiger partial charge in [-0.3, -0.25) is 14.7 Å². The lowest BCUT2D eigenvalue weighted by atomic mass is 10.2. The minimum absolute atomic E-state index is 0.107. The van der Waals surface area contributed by atoms with Gasteiger partial charge in [0.2, 0.25) is 0 Å². The zero-order valence-electron chi connectivity index (χ0n) is 17.5. The first-order chi connectivity index (χ1) is 15.1. The summed E-state index contributed by atoms with van der Waals surface area (Å²) < 4.78 is 1.63. The standard InChI is InChI=1S/C22H25N8O/c1-15-21(5-4-19(25-15)22(23)31)30-14-20(26-27-30)17-10-18(12-24-11-17)29-8-6-28(7-9-29)13-16-2-3-16/h5,10-12,14,16H,2-3,6-9,13H2,1H3,(H2,23,31). The van der Waals surface area contributed by atoms with E-state index < -0.39 is 5.91 Å². The van der Waals surface area contributed by atoms with E-state index in [-0.39, 0.29) is 5.69 Å². The van der Waals surface area contributed by atoms with Gasteiger partial charge in [0.1, 0.15) is 11.4 Å². The van der Waals surface area contributed by atoms with E-state index >= 15 is 0 Å². The summed E-state index contributed by atoms with van der Waals surface area (Å²) >= 11 is 0. The van der Waals surface area contributed by atoms with Crippen LogP contribution in [0.1, 0.15) is 29.0 Å². The Kier molecular flexibility index (Phi) is 5.11. The molecule has 0 aromatic carbocycles. The van der Waals surface area contributed by atoms with Gasteiger partial charge in [-0.05, 0) is 37.8 Å². The maximum atomic E-state index is 11.3. The summed E-state index contributed by atoms with van der Waals surface area (Å²) in [4.78, 5) is 24.9. The van der Waals surface area contributed by atoms with Gasteiger partial charge in [0.15, 0.2) is 0 Å². The molecule has 0 unspecified atom stereocenters. The summed E-state index contributed by atoms with van der Waals surface area (Å²) in [5, 5.41) is 8.54. The molecular weight excluding hydrogens is 392 g/mol. The maximum Gasteiger partial charge on any atom is 0.267 e. The van der Waals surface area contributed by atoms with Gasteiger partial charge in [-0.2, -0.15) is 0 Å². The van der Waals surface area contributed by atoms with E-state index in [1.165, 1.54) is 19.4 Å². The first-order valence-corrected chi connectivity index (χ1v) is 10.6. The van der Waals surface area contributed by atoms with E-state index in [4.69, 9.17) is 5.73 Å². The van der Waals surface area contributed by atoms with Crippen molar-refractivity contribution in [3.63, 3.8) is 0 Å². The Morgan fingerprint density at radius 1 is 1.23 bits per heavy atom. The van der Waals surface area contributed by atoms with Crippen LogP contribution in [0.15, 0.2) is 30.7 Å². The summed E-state index contributed by atoms with van der Waals surface area (Å²) in [7, 11) is 0. The second kappa shape index (κ2) is 8.07. The van der Waals surface area contributed by atoms with Crippen molar-refractivity contribution in [2.45, 2.75) is 19.8 Å². The van der Waals surface area contributed by atoms with Crippen LogP contribution in [0.4, 0.5) is 5.69 Å². The summed E-state index contributed by atoms with van der Waals surface area (Å²) in [6.07, 6.45) is 8.34. The number of hydrogen-bond acceptors (Lipinski definition) is 7. The van der Waals surface area contributed by atoms with Crippen molar-refractivity contribution in [2.24, 2.45) is 11.7 Å². The highest BCUT2D eigenvalue weighted by molar-refractivity contribution is 5.90. The second-order valence-electron chi connectivity index (χ2n) is 8.30. The molecule has 0 bridgehead atoms. The molecule has 1 saturated heterocycles. The summed E-state index contributed by atoms with van der Waals surface area (Å²) in [5.41, 5.74) is 9.44. The molecule has 9 nitrogen and oxygen atoms in total. The number of carbonyl (C=O) groups is 1. The quantitative estimate of drug-likeness (QED) is 0.647. The number of anilines is 1. The number of nitrogens with two attached hydrogens (primary N) is 1. The molecular formula is C22H25N8O. The Hall–Kier alpha value is -3.33. The van der Waals surface area contributed by atoms with Crippen LogP contribution in [0.3, 0.4) is 0 Å². The lowest BCUT2D eigenvalue weighted by Gasteiger charge is -2.36. The summed E-state index contributed by atoms with van der Waals surface area (Å²) in [5.74, 6) is 0.327. The number of piperazine rings is 1. The molecule has 2 aliphatic rings. The van der Waals surface area contributed by atoms with Crippen molar-refractivity contribution < 1.29 is 4.79 Å². The first kappa shape index (κ1) is 19.6. The van der Waals surface area contributed by atoms with Crippen LogP contribution in [0.5, 0.6) is 0 Å².